The summed E-state index contributed by atoms with van der Waals surface area (Å²) in [4.78, 5) is 32.7. The highest BCUT2D eigenvalue weighted by Gasteiger charge is 2.46. The molecule has 1 aliphatic rings. The lowest BCUT2D eigenvalue weighted by atomic mass is 9.95. The van der Waals surface area contributed by atoms with Gasteiger partial charge >= 0.3 is 0 Å². The van der Waals surface area contributed by atoms with Gasteiger partial charge in [0.25, 0.3) is 5.91 Å². The Hall–Kier alpha value is -3.37. The molecule has 1 amide bonds. The Morgan fingerprint density at radius 3 is 2.66 bits per heavy atom. The summed E-state index contributed by atoms with van der Waals surface area (Å²) in [6, 6.07) is 6.15. The van der Waals surface area contributed by atoms with Crippen molar-refractivity contribution in [3.63, 3.8) is 0 Å². The molecule has 0 fully saturated rings. The molecular formula is C22H20N4O4S2. The molecule has 1 atom stereocenters. The number of hydrogen-bond donors (Lipinski definition) is 1. The minimum Gasteiger partial charge on any atom is -0.503 e. The van der Waals surface area contributed by atoms with Crippen molar-refractivity contribution >= 4 is 39.5 Å². The number of rotatable bonds is 7. The highest BCUT2D eigenvalue weighted by atomic mass is 32.1. The number of nitrogens with zero attached hydrogens (tertiary/aromatic N) is 4. The van der Waals surface area contributed by atoms with Crippen LogP contribution in [-0.4, -0.2) is 38.6 Å². The molecular weight excluding hydrogens is 448 g/mol. The number of aliphatic hydroxyl groups excluding tert-OH is 1. The van der Waals surface area contributed by atoms with Gasteiger partial charge in [0.15, 0.2) is 5.76 Å². The maximum Gasteiger partial charge on any atom is 0.296 e. The number of aryl methyl sites for hydroxylation is 3. The van der Waals surface area contributed by atoms with Crippen LogP contribution in [-0.2, 0) is 4.79 Å². The average Bonchev–Trinajstić information content (AvgIpc) is 3.42. The number of hydrogen-bond acceptors (Lipinski definition) is 9. The third kappa shape index (κ3) is 3.82. The van der Waals surface area contributed by atoms with Crippen molar-refractivity contribution in [3.05, 3.63) is 74.4 Å². The second-order valence-corrected chi connectivity index (χ2v) is 9.46. The number of thiazole rings is 1. The molecule has 0 saturated heterocycles. The minimum absolute atomic E-state index is 0.0181. The van der Waals surface area contributed by atoms with E-state index in [1.165, 1.54) is 27.6 Å². The van der Waals surface area contributed by atoms with E-state index in [4.69, 9.17) is 4.74 Å². The SMILES string of the molecule is C=CCOc1cccc(C2C(C(=O)c3sc(C)nc3C)=C(O)C(=O)N2c2nnc(C)s2)c1. The largest absolute Gasteiger partial charge is 0.503 e. The molecule has 0 aliphatic carbocycles. The topological polar surface area (TPSA) is 106 Å². The molecule has 164 valence electrons. The highest BCUT2D eigenvalue weighted by Crippen LogP contribution is 2.44. The predicted molar refractivity (Wildman–Crippen MR) is 123 cm³/mol. The van der Waals surface area contributed by atoms with Crippen molar-refractivity contribution in [2.24, 2.45) is 0 Å². The molecule has 0 saturated carbocycles. The second kappa shape index (κ2) is 8.64. The van der Waals surface area contributed by atoms with Gasteiger partial charge in [-0.1, -0.05) is 36.1 Å². The van der Waals surface area contributed by atoms with Crippen molar-refractivity contribution in [2.45, 2.75) is 26.8 Å². The quantitative estimate of drug-likeness (QED) is 0.408. The zero-order valence-electron chi connectivity index (χ0n) is 17.7. The Morgan fingerprint density at radius 1 is 1.25 bits per heavy atom. The number of amides is 1. The van der Waals surface area contributed by atoms with Crippen LogP contribution in [0.3, 0.4) is 0 Å². The van der Waals surface area contributed by atoms with Crippen LogP contribution in [0.25, 0.3) is 0 Å². The fraction of sp³-hybridized carbons (Fsp3) is 0.227. The molecule has 1 aliphatic heterocycles. The molecule has 1 unspecified atom stereocenters. The molecule has 32 heavy (non-hydrogen) atoms. The van der Waals surface area contributed by atoms with Crippen LogP contribution in [0.4, 0.5) is 5.13 Å². The number of ether oxygens (including phenoxy) is 1. The van der Waals surface area contributed by atoms with Crippen molar-refractivity contribution in [1.29, 1.82) is 0 Å². The summed E-state index contributed by atoms with van der Waals surface area (Å²) >= 11 is 2.43. The predicted octanol–water partition coefficient (Wildman–Crippen LogP) is 4.27. The Kier molecular flexibility index (Phi) is 5.90. The Bertz CT molecular complexity index is 1260. The van der Waals surface area contributed by atoms with Gasteiger partial charge in [-0.2, -0.15) is 0 Å². The molecule has 0 spiro atoms. The fourth-order valence-electron chi connectivity index (χ4n) is 3.53. The minimum atomic E-state index is -0.892. The number of Topliss-reactive ketones (excluding diaryl/α,β-unsaturated/α-hetero) is 1. The van der Waals surface area contributed by atoms with Crippen molar-refractivity contribution < 1.29 is 19.4 Å². The maximum atomic E-state index is 13.6. The molecule has 3 heterocycles. The van der Waals surface area contributed by atoms with Gasteiger partial charge in [-0.3, -0.25) is 14.5 Å². The summed E-state index contributed by atoms with van der Waals surface area (Å²) in [6.45, 7) is 9.25. The summed E-state index contributed by atoms with van der Waals surface area (Å²) in [7, 11) is 0. The van der Waals surface area contributed by atoms with Crippen LogP contribution in [0.2, 0.25) is 0 Å². The lowest BCUT2D eigenvalue weighted by Gasteiger charge is -2.24. The van der Waals surface area contributed by atoms with Crippen molar-refractivity contribution in [1.82, 2.24) is 15.2 Å². The molecule has 10 heteroatoms. The van der Waals surface area contributed by atoms with E-state index in [9.17, 15) is 14.7 Å². The number of benzene rings is 1. The van der Waals surface area contributed by atoms with E-state index in [0.717, 1.165) is 5.01 Å². The maximum absolute atomic E-state index is 13.6. The summed E-state index contributed by atoms with van der Waals surface area (Å²) in [5.74, 6) is -1.20. The number of carbonyl (C=O) groups is 2. The van der Waals surface area contributed by atoms with E-state index >= 15 is 0 Å². The van der Waals surface area contributed by atoms with Gasteiger partial charge in [0.05, 0.1) is 27.2 Å². The molecule has 1 N–H and O–H groups in total. The number of anilines is 1. The molecule has 0 radical (unpaired) electrons. The molecule has 4 rings (SSSR count). The van der Waals surface area contributed by atoms with E-state index in [1.54, 1.807) is 51.1 Å². The van der Waals surface area contributed by atoms with Gasteiger partial charge in [0.2, 0.25) is 10.9 Å². The first-order chi connectivity index (χ1) is 15.3. The second-order valence-electron chi connectivity index (χ2n) is 7.09. The monoisotopic (exact) mass is 468 g/mol. The zero-order valence-corrected chi connectivity index (χ0v) is 19.3. The molecule has 1 aromatic carbocycles. The lowest BCUT2D eigenvalue weighted by Crippen LogP contribution is -2.31. The van der Waals surface area contributed by atoms with Gasteiger partial charge in [0, 0.05) is 0 Å². The zero-order chi connectivity index (χ0) is 23.0. The first-order valence-corrected chi connectivity index (χ1v) is 11.3. The number of ketones is 1. The van der Waals surface area contributed by atoms with E-state index < -0.39 is 23.5 Å². The van der Waals surface area contributed by atoms with Crippen LogP contribution >= 0.6 is 22.7 Å². The van der Waals surface area contributed by atoms with Crippen molar-refractivity contribution in [2.75, 3.05) is 11.5 Å². The van der Waals surface area contributed by atoms with Gasteiger partial charge in [0.1, 0.15) is 17.4 Å². The fourth-order valence-corrected chi connectivity index (χ4v) is 5.12. The summed E-state index contributed by atoms with van der Waals surface area (Å²) in [5, 5.41) is 20.6. The molecule has 2 aromatic heterocycles. The summed E-state index contributed by atoms with van der Waals surface area (Å²) in [6.07, 6.45) is 1.62. The van der Waals surface area contributed by atoms with E-state index in [2.05, 4.69) is 21.8 Å². The smallest absolute Gasteiger partial charge is 0.296 e. The average molecular weight is 469 g/mol. The van der Waals surface area contributed by atoms with Crippen LogP contribution in [0.15, 0.2) is 48.3 Å². The summed E-state index contributed by atoms with van der Waals surface area (Å²) in [5.41, 5.74) is 1.13. The first kappa shape index (κ1) is 21.8. The van der Waals surface area contributed by atoms with E-state index in [-0.39, 0.29) is 5.57 Å². The van der Waals surface area contributed by atoms with Crippen molar-refractivity contribution in [3.8, 4) is 5.75 Å². The van der Waals surface area contributed by atoms with Crippen LogP contribution < -0.4 is 9.64 Å². The first-order valence-electron chi connectivity index (χ1n) is 9.71. The third-order valence-electron chi connectivity index (χ3n) is 4.83. The van der Waals surface area contributed by atoms with Crippen LogP contribution in [0.5, 0.6) is 5.75 Å². The number of carbonyl (C=O) groups excluding carboxylic acids is 2. The van der Waals surface area contributed by atoms with E-state index in [0.29, 0.717) is 38.6 Å². The van der Waals surface area contributed by atoms with Gasteiger partial charge < -0.3 is 9.84 Å². The Balaban J connectivity index is 1.86. The summed E-state index contributed by atoms with van der Waals surface area (Å²) < 4.78 is 5.64. The lowest BCUT2D eigenvalue weighted by molar-refractivity contribution is -0.117. The van der Waals surface area contributed by atoms with Gasteiger partial charge in [-0.05, 0) is 38.5 Å². The normalized spacial score (nSPS) is 16.0. The molecule has 3 aromatic rings. The highest BCUT2D eigenvalue weighted by molar-refractivity contribution is 7.15. The van der Waals surface area contributed by atoms with Gasteiger partial charge in [-0.25, -0.2) is 4.98 Å². The van der Waals surface area contributed by atoms with Crippen LogP contribution in [0.1, 0.15) is 37.0 Å². The Morgan fingerprint density at radius 2 is 2.03 bits per heavy atom. The van der Waals surface area contributed by atoms with Crippen LogP contribution in [0, 0.1) is 20.8 Å². The number of aliphatic hydroxyl groups is 1. The molecule has 8 nitrogen and oxygen atoms in total. The standard InChI is InChI=1S/C22H20N4O4S2/c1-5-9-30-15-8-6-7-14(10-15)17-16(18(27)20-11(2)23-12(3)31-20)19(28)21(29)26(17)22-25-24-13(4)32-22/h5-8,10,17,28H,1,9H2,2-4H3. The van der Waals surface area contributed by atoms with Gasteiger partial charge in [-0.15, -0.1) is 21.5 Å². The third-order valence-corrected chi connectivity index (χ3v) is 6.74. The number of aromatic nitrogens is 3. The Labute approximate surface area is 192 Å². The van der Waals surface area contributed by atoms with E-state index in [1.807, 2.05) is 0 Å². The molecule has 0 bridgehead atoms.